The van der Waals surface area contributed by atoms with Gasteiger partial charge in [-0.1, -0.05) is 12.1 Å². The Morgan fingerprint density at radius 2 is 1.97 bits per heavy atom. The van der Waals surface area contributed by atoms with Crippen molar-refractivity contribution in [3.63, 3.8) is 0 Å². The fourth-order valence-electron chi connectivity index (χ4n) is 4.21. The molecule has 1 atom stereocenters. The summed E-state index contributed by atoms with van der Waals surface area (Å²) in [6, 6.07) is 11.0. The number of methoxy groups -OCH3 is 1. The van der Waals surface area contributed by atoms with Crippen LogP contribution in [0.4, 0.5) is 5.69 Å². The van der Waals surface area contributed by atoms with E-state index in [0.717, 1.165) is 16.7 Å². The van der Waals surface area contributed by atoms with Crippen LogP contribution < -0.4 is 19.1 Å². The quantitative estimate of drug-likeness (QED) is 0.617. The summed E-state index contributed by atoms with van der Waals surface area (Å²) in [6.45, 7) is 8.08. The number of sulfonamides is 1. The van der Waals surface area contributed by atoms with Crippen LogP contribution in [0.3, 0.4) is 0 Å². The van der Waals surface area contributed by atoms with Crippen LogP contribution in [0.15, 0.2) is 36.4 Å². The number of carbonyl (C=O) groups is 1. The molecule has 1 amide bonds. The largest absolute Gasteiger partial charge is 0.497 e. The minimum absolute atomic E-state index is 0.117. The van der Waals surface area contributed by atoms with Crippen LogP contribution in [0.5, 0.6) is 11.5 Å². The molecule has 0 bridgehead atoms. The van der Waals surface area contributed by atoms with Crippen molar-refractivity contribution in [2.75, 3.05) is 24.2 Å². The van der Waals surface area contributed by atoms with Gasteiger partial charge in [-0.05, 0) is 63.4 Å². The number of amides is 1. The Kier molecular flexibility index (Phi) is 7.26. The zero-order valence-corrected chi connectivity index (χ0v) is 21.1. The smallest absolute Gasteiger partial charge is 0.232 e. The Hall–Kier alpha value is -2.74. The molecule has 0 unspecified atom stereocenters. The Labute approximate surface area is 197 Å². The predicted molar refractivity (Wildman–Crippen MR) is 131 cm³/mol. The van der Waals surface area contributed by atoms with E-state index in [0.29, 0.717) is 30.0 Å². The summed E-state index contributed by atoms with van der Waals surface area (Å²) in [5.74, 6) is 1.28. The van der Waals surface area contributed by atoms with Crippen LogP contribution in [-0.2, 0) is 14.8 Å². The number of hydrogen-bond acceptors (Lipinski definition) is 5. The van der Waals surface area contributed by atoms with E-state index in [1.807, 2.05) is 58.0 Å². The van der Waals surface area contributed by atoms with E-state index in [2.05, 4.69) is 5.32 Å². The molecule has 1 aliphatic rings. The lowest BCUT2D eigenvalue weighted by Crippen LogP contribution is -2.41. The molecule has 7 nitrogen and oxygen atoms in total. The van der Waals surface area contributed by atoms with E-state index in [1.165, 1.54) is 10.6 Å². The van der Waals surface area contributed by atoms with Gasteiger partial charge in [-0.3, -0.25) is 9.10 Å². The maximum atomic E-state index is 12.8. The van der Waals surface area contributed by atoms with E-state index in [9.17, 15) is 13.2 Å². The van der Waals surface area contributed by atoms with Crippen molar-refractivity contribution in [1.82, 2.24) is 5.32 Å². The second-order valence-corrected chi connectivity index (χ2v) is 11.2. The van der Waals surface area contributed by atoms with Crippen molar-refractivity contribution in [3.8, 4) is 11.5 Å². The molecule has 0 saturated heterocycles. The number of nitrogens with zero attached hydrogens (tertiary/aromatic N) is 1. The number of hydrogen-bond donors (Lipinski definition) is 1. The molecule has 2 aromatic rings. The van der Waals surface area contributed by atoms with Crippen molar-refractivity contribution in [1.29, 1.82) is 0 Å². The fraction of sp³-hybridized carbons (Fsp3) is 0.480. The Morgan fingerprint density at radius 3 is 2.64 bits per heavy atom. The molecule has 1 heterocycles. The summed E-state index contributed by atoms with van der Waals surface area (Å²) < 4.78 is 37.7. The molecule has 0 saturated carbocycles. The van der Waals surface area contributed by atoms with Crippen LogP contribution in [0.1, 0.15) is 55.8 Å². The van der Waals surface area contributed by atoms with Gasteiger partial charge < -0.3 is 14.8 Å². The SMILES string of the molecule is COc1ccc2c(c1)OC(C)(C)C[C@H]2NC(=O)CCCN(c1cccc(C)c1C)S(C)(=O)=O. The summed E-state index contributed by atoms with van der Waals surface area (Å²) in [4.78, 5) is 12.8. The maximum absolute atomic E-state index is 12.8. The van der Waals surface area contributed by atoms with Gasteiger partial charge in [-0.2, -0.15) is 0 Å². The van der Waals surface area contributed by atoms with Gasteiger partial charge in [0.25, 0.3) is 0 Å². The second-order valence-electron chi connectivity index (χ2n) is 9.25. The van der Waals surface area contributed by atoms with E-state index in [4.69, 9.17) is 9.47 Å². The maximum Gasteiger partial charge on any atom is 0.232 e. The Bertz CT molecular complexity index is 1130. The molecule has 0 radical (unpaired) electrons. The lowest BCUT2D eigenvalue weighted by atomic mass is 9.89. The van der Waals surface area contributed by atoms with Crippen LogP contribution in [0.2, 0.25) is 0 Å². The number of aryl methyl sites for hydroxylation is 1. The lowest BCUT2D eigenvalue weighted by molar-refractivity contribution is -0.122. The first-order chi connectivity index (χ1) is 15.4. The average Bonchev–Trinajstić information content (AvgIpc) is 2.71. The first-order valence-corrected chi connectivity index (χ1v) is 13.0. The molecule has 0 spiro atoms. The highest BCUT2D eigenvalue weighted by Gasteiger charge is 2.34. The molecule has 8 heteroatoms. The number of anilines is 1. The number of benzene rings is 2. The van der Waals surface area contributed by atoms with Crippen LogP contribution in [0, 0.1) is 13.8 Å². The lowest BCUT2D eigenvalue weighted by Gasteiger charge is -2.38. The third-order valence-corrected chi connectivity index (χ3v) is 7.20. The van der Waals surface area contributed by atoms with Gasteiger partial charge in [-0.25, -0.2) is 8.42 Å². The summed E-state index contributed by atoms with van der Waals surface area (Å²) >= 11 is 0. The molecule has 1 aliphatic heterocycles. The van der Waals surface area contributed by atoms with Crippen LogP contribution >= 0.6 is 0 Å². The number of ether oxygens (including phenoxy) is 2. The highest BCUT2D eigenvalue weighted by molar-refractivity contribution is 7.92. The molecule has 0 aromatic heterocycles. The van der Waals surface area contributed by atoms with Gasteiger partial charge in [0.1, 0.15) is 17.1 Å². The van der Waals surface area contributed by atoms with E-state index < -0.39 is 15.6 Å². The topological polar surface area (TPSA) is 84.9 Å². The molecular weight excluding hydrogens is 440 g/mol. The summed E-state index contributed by atoms with van der Waals surface area (Å²) in [5, 5.41) is 3.11. The van der Waals surface area contributed by atoms with Crippen LogP contribution in [-0.4, -0.2) is 39.8 Å². The molecule has 2 aromatic carbocycles. The second kappa shape index (κ2) is 9.63. The molecule has 0 fully saturated rings. The normalized spacial score (nSPS) is 17.0. The van der Waals surface area contributed by atoms with Crippen molar-refractivity contribution in [3.05, 3.63) is 53.1 Å². The Balaban J connectivity index is 1.68. The number of fused-ring (bicyclic) bond motifs is 1. The van der Waals surface area contributed by atoms with Crippen molar-refractivity contribution >= 4 is 21.6 Å². The number of rotatable bonds is 8. The third-order valence-electron chi connectivity index (χ3n) is 6.02. The third kappa shape index (κ3) is 5.99. The Morgan fingerprint density at radius 1 is 1.24 bits per heavy atom. The fourth-order valence-corrected chi connectivity index (χ4v) is 5.22. The van der Waals surface area contributed by atoms with E-state index in [1.54, 1.807) is 13.2 Å². The van der Waals surface area contributed by atoms with E-state index >= 15 is 0 Å². The first-order valence-electron chi connectivity index (χ1n) is 11.1. The zero-order valence-electron chi connectivity index (χ0n) is 20.3. The van der Waals surface area contributed by atoms with Crippen molar-refractivity contribution in [2.45, 2.75) is 58.6 Å². The van der Waals surface area contributed by atoms with Gasteiger partial charge in [0, 0.05) is 31.0 Å². The number of nitrogens with one attached hydrogen (secondary N) is 1. The van der Waals surface area contributed by atoms with Crippen molar-refractivity contribution < 1.29 is 22.7 Å². The standard InChI is InChI=1S/C25H34N2O5S/c1-17-9-7-10-22(18(17)2)27(33(6,29)30)14-8-11-24(28)26-21-16-25(3,4)32-23-15-19(31-5)12-13-20(21)23/h7,9-10,12-13,15,21H,8,11,14,16H2,1-6H3,(H,26,28)/t21-/m1/s1. The summed E-state index contributed by atoms with van der Waals surface area (Å²) in [5.41, 5.74) is 3.08. The van der Waals surface area contributed by atoms with Crippen LogP contribution in [0.25, 0.3) is 0 Å². The first kappa shape index (κ1) is 24.9. The highest BCUT2D eigenvalue weighted by atomic mass is 32.2. The van der Waals surface area contributed by atoms with Crippen molar-refractivity contribution in [2.24, 2.45) is 0 Å². The van der Waals surface area contributed by atoms with Gasteiger partial charge in [-0.15, -0.1) is 0 Å². The monoisotopic (exact) mass is 474 g/mol. The molecule has 1 N–H and O–H groups in total. The minimum Gasteiger partial charge on any atom is -0.497 e. The van der Waals surface area contributed by atoms with E-state index in [-0.39, 0.29) is 24.9 Å². The minimum atomic E-state index is -3.47. The van der Waals surface area contributed by atoms with Gasteiger partial charge in [0.2, 0.25) is 15.9 Å². The summed E-state index contributed by atoms with van der Waals surface area (Å²) in [6.07, 6.45) is 2.47. The molecular formula is C25H34N2O5S. The molecule has 33 heavy (non-hydrogen) atoms. The zero-order chi connectivity index (χ0) is 24.4. The van der Waals surface area contributed by atoms with Gasteiger partial charge >= 0.3 is 0 Å². The molecule has 180 valence electrons. The summed E-state index contributed by atoms with van der Waals surface area (Å²) in [7, 11) is -1.87. The number of carbonyl (C=O) groups excluding carboxylic acids is 1. The molecule has 0 aliphatic carbocycles. The molecule has 3 rings (SSSR count). The predicted octanol–water partition coefficient (Wildman–Crippen LogP) is 4.28. The average molecular weight is 475 g/mol. The van der Waals surface area contributed by atoms with Gasteiger partial charge in [0.15, 0.2) is 0 Å². The van der Waals surface area contributed by atoms with Gasteiger partial charge in [0.05, 0.1) is 25.1 Å². The highest BCUT2D eigenvalue weighted by Crippen LogP contribution is 2.41.